The van der Waals surface area contributed by atoms with Crippen LogP contribution in [0.15, 0.2) is 51.9 Å². The van der Waals surface area contributed by atoms with Crippen molar-refractivity contribution < 1.29 is 18.7 Å². The standard InChI is InChI=1S/C16H8BrClF2N2O3/c17-13-15(24)21(9-6-4-8(18)5-7-9)16(25)22(13)14(23)12-10(19)2-1-3-11(12)20/h1-7,24H. The first-order valence-corrected chi connectivity index (χ1v) is 7.97. The summed E-state index contributed by atoms with van der Waals surface area (Å²) in [7, 11) is 0. The van der Waals surface area contributed by atoms with Crippen LogP contribution in [0, 0.1) is 11.6 Å². The van der Waals surface area contributed by atoms with Gasteiger partial charge in [0.1, 0.15) is 17.2 Å². The molecule has 0 aliphatic carbocycles. The first-order chi connectivity index (χ1) is 11.8. The lowest BCUT2D eigenvalue weighted by atomic mass is 10.2. The Morgan fingerprint density at radius 2 is 1.64 bits per heavy atom. The molecule has 2 aromatic carbocycles. The molecular formula is C16H8BrClF2N2O3. The number of carbonyl (C=O) groups excluding carboxylic acids is 1. The van der Waals surface area contributed by atoms with Gasteiger partial charge >= 0.3 is 5.69 Å². The molecule has 0 aliphatic heterocycles. The van der Waals surface area contributed by atoms with Gasteiger partial charge in [-0.3, -0.25) is 4.79 Å². The molecule has 1 N–H and O–H groups in total. The van der Waals surface area contributed by atoms with Crippen molar-refractivity contribution in [3.05, 3.63) is 79.8 Å². The summed E-state index contributed by atoms with van der Waals surface area (Å²) in [5.41, 5.74) is -1.69. The summed E-state index contributed by atoms with van der Waals surface area (Å²) >= 11 is 8.69. The Bertz CT molecular complexity index is 1020. The summed E-state index contributed by atoms with van der Waals surface area (Å²) in [5, 5.41) is 10.6. The van der Waals surface area contributed by atoms with E-state index in [1.165, 1.54) is 24.3 Å². The van der Waals surface area contributed by atoms with E-state index in [1.807, 2.05) is 0 Å². The molecule has 25 heavy (non-hydrogen) atoms. The van der Waals surface area contributed by atoms with E-state index in [9.17, 15) is 23.5 Å². The van der Waals surface area contributed by atoms with Gasteiger partial charge in [-0.15, -0.1) is 0 Å². The van der Waals surface area contributed by atoms with Gasteiger partial charge in [-0.05, 0) is 52.3 Å². The molecule has 9 heteroatoms. The number of benzene rings is 2. The largest absolute Gasteiger partial charge is 0.492 e. The van der Waals surface area contributed by atoms with E-state index in [0.29, 0.717) is 9.59 Å². The number of rotatable bonds is 2. The van der Waals surface area contributed by atoms with E-state index in [0.717, 1.165) is 22.8 Å². The van der Waals surface area contributed by atoms with Crippen molar-refractivity contribution in [1.29, 1.82) is 0 Å². The van der Waals surface area contributed by atoms with Crippen LogP contribution in [0.4, 0.5) is 8.78 Å². The highest BCUT2D eigenvalue weighted by atomic mass is 79.9. The van der Waals surface area contributed by atoms with Gasteiger partial charge in [-0.1, -0.05) is 17.7 Å². The third-order valence-electron chi connectivity index (χ3n) is 3.44. The number of nitrogens with zero attached hydrogens (tertiary/aromatic N) is 2. The lowest BCUT2D eigenvalue weighted by Crippen LogP contribution is -2.30. The molecule has 128 valence electrons. The highest BCUT2D eigenvalue weighted by molar-refractivity contribution is 9.10. The SMILES string of the molecule is O=C(c1c(F)cccc1F)n1c(Br)c(O)n(-c2ccc(Cl)cc2)c1=O. The van der Waals surface area contributed by atoms with Crippen molar-refractivity contribution in [2.75, 3.05) is 0 Å². The van der Waals surface area contributed by atoms with Gasteiger partial charge in [0.05, 0.1) is 5.69 Å². The van der Waals surface area contributed by atoms with Crippen LogP contribution in [0.1, 0.15) is 10.4 Å². The van der Waals surface area contributed by atoms with Crippen LogP contribution < -0.4 is 5.69 Å². The van der Waals surface area contributed by atoms with Crippen molar-refractivity contribution in [1.82, 2.24) is 9.13 Å². The number of hydrogen-bond acceptors (Lipinski definition) is 3. The molecule has 0 aliphatic rings. The van der Waals surface area contributed by atoms with E-state index in [4.69, 9.17) is 11.6 Å². The minimum absolute atomic E-state index is 0.216. The summed E-state index contributed by atoms with van der Waals surface area (Å²) in [6.07, 6.45) is 0. The lowest BCUT2D eigenvalue weighted by Gasteiger charge is -2.04. The normalized spacial score (nSPS) is 10.9. The van der Waals surface area contributed by atoms with Gasteiger partial charge in [0.25, 0.3) is 5.91 Å². The van der Waals surface area contributed by atoms with E-state index in [-0.39, 0.29) is 10.3 Å². The molecule has 0 bridgehead atoms. The molecule has 0 radical (unpaired) electrons. The Morgan fingerprint density at radius 3 is 2.20 bits per heavy atom. The van der Waals surface area contributed by atoms with E-state index >= 15 is 0 Å². The molecule has 0 spiro atoms. The van der Waals surface area contributed by atoms with Crippen molar-refractivity contribution in [3.63, 3.8) is 0 Å². The Hall–Kier alpha value is -2.45. The Balaban J connectivity index is 2.22. The molecular weight excluding hydrogens is 422 g/mol. The maximum absolute atomic E-state index is 13.8. The van der Waals surface area contributed by atoms with Crippen LogP contribution >= 0.6 is 27.5 Å². The molecule has 0 amide bonds. The minimum Gasteiger partial charge on any atom is -0.492 e. The average molecular weight is 430 g/mol. The summed E-state index contributed by atoms with van der Waals surface area (Å²) in [4.78, 5) is 25.1. The fourth-order valence-electron chi connectivity index (χ4n) is 2.28. The second-order valence-corrected chi connectivity index (χ2v) is 6.13. The lowest BCUT2D eigenvalue weighted by molar-refractivity contribution is 0.0944. The van der Waals surface area contributed by atoms with E-state index < -0.39 is 34.7 Å². The predicted molar refractivity (Wildman–Crippen MR) is 90.5 cm³/mol. The third-order valence-corrected chi connectivity index (χ3v) is 4.40. The zero-order chi connectivity index (χ0) is 18.3. The smallest absolute Gasteiger partial charge is 0.343 e. The predicted octanol–water partition coefficient (Wildman–Crippen LogP) is 3.73. The summed E-state index contributed by atoms with van der Waals surface area (Å²) in [6.45, 7) is 0. The second kappa shape index (κ2) is 6.45. The van der Waals surface area contributed by atoms with Gasteiger partial charge in [0.15, 0.2) is 4.60 Å². The van der Waals surface area contributed by atoms with Crippen LogP contribution in [0.5, 0.6) is 5.88 Å². The van der Waals surface area contributed by atoms with Gasteiger partial charge < -0.3 is 5.11 Å². The van der Waals surface area contributed by atoms with Crippen LogP contribution in [-0.4, -0.2) is 20.1 Å². The Kier molecular flexibility index (Phi) is 4.49. The van der Waals surface area contributed by atoms with Gasteiger partial charge in [-0.2, -0.15) is 0 Å². The van der Waals surface area contributed by atoms with Crippen LogP contribution in [-0.2, 0) is 0 Å². The number of aromatic nitrogens is 2. The first kappa shape index (κ1) is 17.4. The number of halogens is 4. The minimum atomic E-state index is -1.25. The van der Waals surface area contributed by atoms with Crippen LogP contribution in [0.3, 0.4) is 0 Å². The van der Waals surface area contributed by atoms with Crippen LogP contribution in [0.2, 0.25) is 5.02 Å². The number of hydrogen-bond donors (Lipinski definition) is 1. The van der Waals surface area contributed by atoms with Crippen LogP contribution in [0.25, 0.3) is 5.69 Å². The zero-order valence-corrected chi connectivity index (χ0v) is 14.6. The molecule has 1 aromatic heterocycles. The molecule has 0 unspecified atom stereocenters. The number of imidazole rings is 1. The molecule has 3 aromatic rings. The maximum Gasteiger partial charge on any atom is 0.343 e. The van der Waals surface area contributed by atoms with Crippen molar-refractivity contribution in [3.8, 4) is 11.6 Å². The first-order valence-electron chi connectivity index (χ1n) is 6.79. The molecule has 3 rings (SSSR count). The fourth-order valence-corrected chi connectivity index (χ4v) is 2.90. The summed E-state index contributed by atoms with van der Waals surface area (Å²) in [5.74, 6) is -4.10. The summed E-state index contributed by atoms with van der Waals surface area (Å²) in [6, 6.07) is 8.72. The average Bonchev–Trinajstić information content (AvgIpc) is 2.78. The number of carbonyl (C=O) groups is 1. The van der Waals surface area contributed by atoms with Crippen molar-refractivity contribution >= 4 is 33.4 Å². The third kappa shape index (κ3) is 2.87. The second-order valence-electron chi connectivity index (χ2n) is 4.95. The molecule has 1 heterocycles. The van der Waals surface area contributed by atoms with E-state index in [1.54, 1.807) is 0 Å². The highest BCUT2D eigenvalue weighted by Crippen LogP contribution is 2.27. The molecule has 0 fully saturated rings. The monoisotopic (exact) mass is 428 g/mol. The highest BCUT2D eigenvalue weighted by Gasteiger charge is 2.27. The van der Waals surface area contributed by atoms with Gasteiger partial charge in [-0.25, -0.2) is 22.7 Å². The molecule has 0 saturated heterocycles. The Labute approximate surface area is 152 Å². The van der Waals surface area contributed by atoms with Crippen molar-refractivity contribution in [2.24, 2.45) is 0 Å². The summed E-state index contributed by atoms with van der Waals surface area (Å²) < 4.78 is 28.6. The topological polar surface area (TPSA) is 64.2 Å². The van der Waals surface area contributed by atoms with Crippen molar-refractivity contribution in [2.45, 2.75) is 0 Å². The fraction of sp³-hybridized carbons (Fsp3) is 0. The van der Waals surface area contributed by atoms with E-state index in [2.05, 4.69) is 15.9 Å². The maximum atomic E-state index is 13.8. The molecule has 5 nitrogen and oxygen atoms in total. The van der Waals surface area contributed by atoms with Gasteiger partial charge in [0, 0.05) is 5.02 Å². The molecule has 0 atom stereocenters. The quantitative estimate of drug-likeness (QED) is 0.675. The molecule has 0 saturated carbocycles. The number of aromatic hydroxyl groups is 1. The Morgan fingerprint density at radius 1 is 1.08 bits per heavy atom. The zero-order valence-electron chi connectivity index (χ0n) is 12.2. The van der Waals surface area contributed by atoms with Gasteiger partial charge in [0.2, 0.25) is 5.88 Å².